The first kappa shape index (κ1) is 18.1. The summed E-state index contributed by atoms with van der Waals surface area (Å²) in [5.41, 5.74) is 3.03. The van der Waals surface area contributed by atoms with Crippen molar-refractivity contribution in [3.63, 3.8) is 0 Å². The van der Waals surface area contributed by atoms with Gasteiger partial charge in [0.25, 0.3) is 5.91 Å². The van der Waals surface area contributed by atoms with Gasteiger partial charge in [-0.3, -0.25) is 14.3 Å². The Hall–Kier alpha value is -3.29. The summed E-state index contributed by atoms with van der Waals surface area (Å²) in [5.74, 6) is 0.536. The third-order valence-corrected chi connectivity index (χ3v) is 5.10. The van der Waals surface area contributed by atoms with E-state index in [-0.39, 0.29) is 18.4 Å². The Balaban J connectivity index is 1.60. The summed E-state index contributed by atoms with van der Waals surface area (Å²) in [4.78, 5) is 37.2. The first-order chi connectivity index (χ1) is 13.5. The molecule has 3 aromatic rings. The predicted molar refractivity (Wildman–Crippen MR) is 105 cm³/mol. The fourth-order valence-electron chi connectivity index (χ4n) is 3.52. The zero-order valence-corrected chi connectivity index (χ0v) is 16.2. The molecule has 1 aromatic carbocycles. The van der Waals surface area contributed by atoms with Crippen LogP contribution >= 0.6 is 0 Å². The molecule has 0 saturated carbocycles. The Bertz CT molecular complexity index is 1060. The van der Waals surface area contributed by atoms with Crippen molar-refractivity contribution in [3.05, 3.63) is 41.9 Å². The minimum absolute atomic E-state index is 0.00542. The SMILES string of the molecule is CCN1CCN(C(=O)c2ccc(-c3nc(C)nc4c3cnn4C)cc2)CC1=O. The van der Waals surface area contributed by atoms with E-state index in [1.165, 1.54) is 0 Å². The van der Waals surface area contributed by atoms with Gasteiger partial charge >= 0.3 is 0 Å². The number of likely N-dealkylation sites (N-methyl/N-ethyl adjacent to an activating group) is 1. The van der Waals surface area contributed by atoms with Crippen LogP contribution in [0, 0.1) is 6.92 Å². The summed E-state index contributed by atoms with van der Waals surface area (Å²) < 4.78 is 1.72. The molecule has 0 unspecified atom stereocenters. The number of carbonyl (C=O) groups excluding carboxylic acids is 2. The molecule has 1 fully saturated rings. The molecule has 1 aliphatic heterocycles. The quantitative estimate of drug-likeness (QED) is 0.692. The van der Waals surface area contributed by atoms with Crippen LogP contribution in [0.3, 0.4) is 0 Å². The minimum atomic E-state index is -0.124. The fourth-order valence-corrected chi connectivity index (χ4v) is 3.52. The van der Waals surface area contributed by atoms with Crippen molar-refractivity contribution < 1.29 is 9.59 Å². The molecule has 3 heterocycles. The Morgan fingerprint density at radius 3 is 2.57 bits per heavy atom. The molecule has 0 aliphatic carbocycles. The van der Waals surface area contributed by atoms with Gasteiger partial charge in [-0.05, 0) is 26.0 Å². The van der Waals surface area contributed by atoms with Crippen molar-refractivity contribution in [2.45, 2.75) is 13.8 Å². The monoisotopic (exact) mass is 378 g/mol. The molecular weight excluding hydrogens is 356 g/mol. The molecule has 1 saturated heterocycles. The molecule has 2 aromatic heterocycles. The van der Waals surface area contributed by atoms with E-state index >= 15 is 0 Å². The summed E-state index contributed by atoms with van der Waals surface area (Å²) in [6.07, 6.45) is 1.75. The minimum Gasteiger partial charge on any atom is -0.340 e. The lowest BCUT2D eigenvalue weighted by atomic mass is 10.1. The van der Waals surface area contributed by atoms with Crippen molar-refractivity contribution in [1.82, 2.24) is 29.5 Å². The Kier molecular flexibility index (Phi) is 4.54. The van der Waals surface area contributed by atoms with E-state index in [1.807, 2.05) is 33.0 Å². The van der Waals surface area contributed by atoms with Gasteiger partial charge in [0, 0.05) is 37.8 Å². The zero-order chi connectivity index (χ0) is 19.8. The average molecular weight is 378 g/mol. The van der Waals surface area contributed by atoms with Crippen LogP contribution in [0.2, 0.25) is 0 Å². The van der Waals surface area contributed by atoms with Crippen molar-refractivity contribution in [3.8, 4) is 11.3 Å². The largest absolute Gasteiger partial charge is 0.340 e. The zero-order valence-electron chi connectivity index (χ0n) is 16.2. The maximum Gasteiger partial charge on any atom is 0.254 e. The van der Waals surface area contributed by atoms with Gasteiger partial charge in [0.05, 0.1) is 17.3 Å². The fraction of sp³-hybridized carbons (Fsp3) is 0.350. The van der Waals surface area contributed by atoms with Crippen molar-refractivity contribution in [1.29, 1.82) is 0 Å². The molecular formula is C20H22N6O2. The Morgan fingerprint density at radius 1 is 1.14 bits per heavy atom. The first-order valence-electron chi connectivity index (χ1n) is 9.31. The van der Waals surface area contributed by atoms with E-state index in [0.29, 0.717) is 31.0 Å². The Labute approximate surface area is 162 Å². The van der Waals surface area contributed by atoms with Gasteiger partial charge in [-0.15, -0.1) is 0 Å². The van der Waals surface area contributed by atoms with Crippen LogP contribution in [0.5, 0.6) is 0 Å². The van der Waals surface area contributed by atoms with Crippen LogP contribution < -0.4 is 0 Å². The lowest BCUT2D eigenvalue weighted by Gasteiger charge is -2.33. The number of piperazine rings is 1. The van der Waals surface area contributed by atoms with E-state index < -0.39 is 0 Å². The third kappa shape index (κ3) is 3.11. The van der Waals surface area contributed by atoms with Gasteiger partial charge in [-0.1, -0.05) is 12.1 Å². The molecule has 144 valence electrons. The van der Waals surface area contributed by atoms with Gasteiger partial charge in [-0.2, -0.15) is 5.10 Å². The number of hydrogen-bond acceptors (Lipinski definition) is 5. The third-order valence-electron chi connectivity index (χ3n) is 5.10. The van der Waals surface area contributed by atoms with Gasteiger partial charge in [0.15, 0.2) is 5.65 Å². The van der Waals surface area contributed by atoms with E-state index in [9.17, 15) is 9.59 Å². The molecule has 8 nitrogen and oxygen atoms in total. The molecule has 1 aliphatic rings. The molecule has 2 amide bonds. The van der Waals surface area contributed by atoms with E-state index in [2.05, 4.69) is 15.1 Å². The molecule has 4 rings (SSSR count). The van der Waals surface area contributed by atoms with E-state index in [1.54, 1.807) is 32.8 Å². The van der Waals surface area contributed by atoms with E-state index in [4.69, 9.17) is 0 Å². The second-order valence-electron chi connectivity index (χ2n) is 6.90. The number of carbonyl (C=O) groups is 2. The molecule has 28 heavy (non-hydrogen) atoms. The lowest BCUT2D eigenvalue weighted by Crippen LogP contribution is -2.52. The summed E-state index contributed by atoms with van der Waals surface area (Å²) in [7, 11) is 1.85. The van der Waals surface area contributed by atoms with Gasteiger partial charge in [-0.25, -0.2) is 9.97 Å². The van der Waals surface area contributed by atoms with Crippen molar-refractivity contribution in [2.24, 2.45) is 7.05 Å². The Morgan fingerprint density at radius 2 is 1.89 bits per heavy atom. The van der Waals surface area contributed by atoms with Crippen LogP contribution in [0.25, 0.3) is 22.3 Å². The van der Waals surface area contributed by atoms with Gasteiger partial charge in [0.1, 0.15) is 12.4 Å². The molecule has 0 spiro atoms. The lowest BCUT2D eigenvalue weighted by molar-refractivity contribution is -0.134. The number of aromatic nitrogens is 4. The van der Waals surface area contributed by atoms with Crippen LogP contribution in [-0.2, 0) is 11.8 Å². The number of nitrogens with zero attached hydrogens (tertiary/aromatic N) is 6. The predicted octanol–water partition coefficient (Wildman–Crippen LogP) is 1.64. The smallest absolute Gasteiger partial charge is 0.254 e. The van der Waals surface area contributed by atoms with Crippen LogP contribution in [-0.4, -0.2) is 67.5 Å². The first-order valence-corrected chi connectivity index (χ1v) is 9.31. The van der Waals surface area contributed by atoms with Gasteiger partial charge < -0.3 is 9.80 Å². The highest BCUT2D eigenvalue weighted by Crippen LogP contribution is 2.26. The van der Waals surface area contributed by atoms with Crippen LogP contribution in [0.15, 0.2) is 30.5 Å². The number of fused-ring (bicyclic) bond motifs is 1. The van der Waals surface area contributed by atoms with Crippen molar-refractivity contribution in [2.75, 3.05) is 26.2 Å². The molecule has 0 radical (unpaired) electrons. The van der Waals surface area contributed by atoms with Crippen LogP contribution in [0.4, 0.5) is 0 Å². The molecule has 0 N–H and O–H groups in total. The normalized spacial score (nSPS) is 14.8. The van der Waals surface area contributed by atoms with Crippen molar-refractivity contribution >= 4 is 22.8 Å². The van der Waals surface area contributed by atoms with Crippen LogP contribution in [0.1, 0.15) is 23.1 Å². The number of aryl methyl sites for hydroxylation is 2. The summed E-state index contributed by atoms with van der Waals surface area (Å²) in [6, 6.07) is 7.33. The summed E-state index contributed by atoms with van der Waals surface area (Å²) in [5, 5.41) is 5.14. The second-order valence-corrected chi connectivity index (χ2v) is 6.90. The number of amides is 2. The highest BCUT2D eigenvalue weighted by molar-refractivity contribution is 5.98. The number of rotatable bonds is 3. The second kappa shape index (κ2) is 7.03. The number of benzene rings is 1. The summed E-state index contributed by atoms with van der Waals surface area (Å²) in [6.45, 7) is 5.75. The summed E-state index contributed by atoms with van der Waals surface area (Å²) >= 11 is 0. The standard InChI is InChI=1S/C20H22N6O2/c1-4-25-9-10-26(12-17(25)27)20(28)15-7-5-14(6-8-15)18-16-11-21-24(3)19(16)23-13(2)22-18/h5-8,11H,4,9-10,12H2,1-3H3. The topological polar surface area (TPSA) is 84.2 Å². The van der Waals surface area contributed by atoms with E-state index in [0.717, 1.165) is 22.3 Å². The maximum absolute atomic E-state index is 12.8. The highest BCUT2D eigenvalue weighted by atomic mass is 16.2. The molecule has 8 heteroatoms. The molecule has 0 bridgehead atoms. The molecule has 0 atom stereocenters. The number of hydrogen-bond donors (Lipinski definition) is 0. The van der Waals surface area contributed by atoms with Gasteiger partial charge in [0.2, 0.25) is 5.91 Å². The maximum atomic E-state index is 12.8. The highest BCUT2D eigenvalue weighted by Gasteiger charge is 2.26. The average Bonchev–Trinajstić information content (AvgIpc) is 3.07.